The summed E-state index contributed by atoms with van der Waals surface area (Å²) in [6.45, 7) is 0.816. The van der Waals surface area contributed by atoms with Crippen molar-refractivity contribution in [2.24, 2.45) is 24.1 Å². The summed E-state index contributed by atoms with van der Waals surface area (Å²) >= 11 is 0. The van der Waals surface area contributed by atoms with Gasteiger partial charge in [0.05, 0.1) is 24.2 Å². The summed E-state index contributed by atoms with van der Waals surface area (Å²) in [5, 5.41) is 8.38. The van der Waals surface area contributed by atoms with Crippen molar-refractivity contribution in [3.63, 3.8) is 0 Å². The minimum absolute atomic E-state index is 0.0952. The van der Waals surface area contributed by atoms with Crippen molar-refractivity contribution < 1.29 is 26.7 Å². The summed E-state index contributed by atoms with van der Waals surface area (Å²) in [6.07, 6.45) is -0.259. The predicted molar refractivity (Wildman–Crippen MR) is 145 cm³/mol. The van der Waals surface area contributed by atoms with Crippen LogP contribution < -0.4 is 16.2 Å². The van der Waals surface area contributed by atoms with E-state index in [4.69, 9.17) is 5.73 Å². The van der Waals surface area contributed by atoms with Crippen LogP contribution in [-0.2, 0) is 25.6 Å². The Kier molecular flexibility index (Phi) is 7.65. The lowest BCUT2D eigenvalue weighted by Gasteiger charge is -2.46. The molecule has 13 heteroatoms. The van der Waals surface area contributed by atoms with E-state index in [0.29, 0.717) is 18.8 Å². The maximum Gasteiger partial charge on any atom is 0.390 e. The summed E-state index contributed by atoms with van der Waals surface area (Å²) in [6, 6.07) is 6.00. The number of hydrogen-bond acceptors (Lipinski definition) is 5. The summed E-state index contributed by atoms with van der Waals surface area (Å²) in [7, 11) is 1.85. The first kappa shape index (κ1) is 29.7. The minimum atomic E-state index is -4.53. The zero-order valence-electron chi connectivity index (χ0n) is 23.4. The number of rotatable bonds is 11. The molecule has 0 radical (unpaired) electrons. The lowest BCUT2D eigenvalue weighted by atomic mass is 9.58. The van der Waals surface area contributed by atoms with E-state index in [1.165, 1.54) is 18.3 Å². The van der Waals surface area contributed by atoms with Crippen LogP contribution in [0.2, 0.25) is 0 Å². The van der Waals surface area contributed by atoms with Gasteiger partial charge in [0.15, 0.2) is 0 Å². The number of pyridine rings is 1. The molecule has 2 aliphatic rings. The maximum absolute atomic E-state index is 15.6. The van der Waals surface area contributed by atoms with Crippen molar-refractivity contribution in [3.8, 4) is 0 Å². The van der Waals surface area contributed by atoms with Crippen molar-refractivity contribution >= 4 is 11.6 Å². The zero-order chi connectivity index (χ0) is 30.4. The van der Waals surface area contributed by atoms with Crippen LogP contribution in [0.25, 0.3) is 0 Å². The van der Waals surface area contributed by atoms with Crippen molar-refractivity contribution in [2.75, 3.05) is 18.1 Å². The molecule has 2 heterocycles. The minimum Gasteiger partial charge on any atom is -0.365 e. The molecule has 8 nitrogen and oxygen atoms in total. The van der Waals surface area contributed by atoms with Crippen molar-refractivity contribution in [3.05, 3.63) is 75.5 Å². The third-order valence-electron chi connectivity index (χ3n) is 8.56. The molecule has 2 N–H and O–H groups in total. The topological polar surface area (TPSA) is 99.0 Å². The van der Waals surface area contributed by atoms with Gasteiger partial charge in [-0.15, -0.1) is 10.2 Å². The quantitative estimate of drug-likeness (QED) is 0.327. The number of carbonyl (C=O) groups is 1. The van der Waals surface area contributed by atoms with Gasteiger partial charge in [-0.1, -0.05) is 13.0 Å². The Morgan fingerprint density at radius 3 is 2.48 bits per heavy atom. The average Bonchev–Trinajstić information content (AvgIpc) is 3.55. The first-order chi connectivity index (χ1) is 19.8. The molecule has 0 spiro atoms. The van der Waals surface area contributed by atoms with E-state index >= 15 is 4.39 Å². The van der Waals surface area contributed by atoms with E-state index in [-0.39, 0.29) is 24.3 Å². The maximum atomic E-state index is 15.6. The van der Waals surface area contributed by atoms with E-state index < -0.39 is 59.5 Å². The van der Waals surface area contributed by atoms with Crippen molar-refractivity contribution in [2.45, 2.75) is 63.7 Å². The fourth-order valence-electron chi connectivity index (χ4n) is 6.18. The molecule has 0 unspecified atom stereocenters. The van der Waals surface area contributed by atoms with Crippen LogP contribution in [0, 0.1) is 17.2 Å². The number of hydrogen-bond donors (Lipinski definition) is 1. The molecule has 0 aliphatic heterocycles. The predicted octanol–water partition coefficient (Wildman–Crippen LogP) is 4.64. The molecule has 42 heavy (non-hydrogen) atoms. The van der Waals surface area contributed by atoms with E-state index in [1.807, 2.05) is 11.6 Å². The number of aromatic nitrogens is 4. The van der Waals surface area contributed by atoms with Gasteiger partial charge in [-0.25, -0.2) is 4.39 Å². The fourth-order valence-corrected chi connectivity index (χ4v) is 6.18. The van der Waals surface area contributed by atoms with Gasteiger partial charge < -0.3 is 19.8 Å². The van der Waals surface area contributed by atoms with Crippen LogP contribution in [0.4, 0.5) is 27.6 Å². The first-order valence-corrected chi connectivity index (χ1v) is 13.8. The van der Waals surface area contributed by atoms with Gasteiger partial charge in [-0.05, 0) is 60.9 Å². The summed E-state index contributed by atoms with van der Waals surface area (Å²) in [4.78, 5) is 26.4. The third-order valence-corrected chi connectivity index (χ3v) is 8.56. The van der Waals surface area contributed by atoms with E-state index in [1.54, 1.807) is 23.4 Å². The monoisotopic (exact) mass is 592 g/mol. The second kappa shape index (κ2) is 10.8. The number of nitrogens with zero attached hydrogens (tertiary/aromatic N) is 5. The Bertz CT molecular complexity index is 1540. The van der Waals surface area contributed by atoms with Gasteiger partial charge in [-0.3, -0.25) is 14.0 Å². The molecule has 0 saturated heterocycles. The molecule has 2 saturated carbocycles. The van der Waals surface area contributed by atoms with E-state index in [9.17, 15) is 27.2 Å². The van der Waals surface area contributed by atoms with Crippen LogP contribution in [0.15, 0.2) is 41.6 Å². The molecule has 2 aliphatic carbocycles. The van der Waals surface area contributed by atoms with Gasteiger partial charge in [0.2, 0.25) is 0 Å². The largest absolute Gasteiger partial charge is 0.390 e. The van der Waals surface area contributed by atoms with Gasteiger partial charge >= 0.3 is 6.18 Å². The molecule has 0 atom stereocenters. The highest BCUT2D eigenvalue weighted by Gasteiger charge is 2.49. The van der Waals surface area contributed by atoms with Gasteiger partial charge in [-0.2, -0.15) is 13.2 Å². The van der Waals surface area contributed by atoms with Crippen LogP contribution in [0.1, 0.15) is 66.3 Å². The van der Waals surface area contributed by atoms with E-state index in [0.717, 1.165) is 28.8 Å². The highest BCUT2D eigenvalue weighted by molar-refractivity contribution is 5.92. The summed E-state index contributed by atoms with van der Waals surface area (Å²) in [5.41, 5.74) is 4.05. The lowest BCUT2D eigenvalue weighted by Crippen LogP contribution is -2.43. The van der Waals surface area contributed by atoms with Gasteiger partial charge in [0.25, 0.3) is 11.5 Å². The molecule has 5 rings (SSSR count). The van der Waals surface area contributed by atoms with Crippen LogP contribution >= 0.6 is 0 Å². The SMILES string of the molecule is CC1CC(c2ccc(F)c(N(Cc3cc(C(N)=O)c(=O)n(CCC(F)(F)F)c3)CC3(CF)CC3)c2)(c2nncn2C)C1. The number of aryl methyl sites for hydroxylation is 2. The van der Waals surface area contributed by atoms with Gasteiger partial charge in [0.1, 0.15) is 23.5 Å². The Balaban J connectivity index is 1.57. The van der Waals surface area contributed by atoms with E-state index in [2.05, 4.69) is 17.1 Å². The first-order valence-electron chi connectivity index (χ1n) is 13.8. The Labute approximate surface area is 239 Å². The number of primary amides is 1. The molecule has 0 bridgehead atoms. The molecule has 2 aromatic heterocycles. The normalized spacial score (nSPS) is 21.2. The molecule has 226 valence electrons. The second-order valence-corrected chi connectivity index (χ2v) is 12.0. The third kappa shape index (κ3) is 5.78. The standard InChI is InChI=1S/C29H33F5N6O2/c1-18-11-28(12-18,26-37-36-17-38(26)2)20-3-4-22(31)23(10-20)40(16-27(15-30)5-6-27)14-19-9-21(24(35)41)25(42)39(13-19)8-7-29(32,33)34/h3-4,9-10,13,17-18H,5-8,11-12,14-16H2,1-2H3,(H2,35,41). The second-order valence-electron chi connectivity index (χ2n) is 12.0. The highest BCUT2D eigenvalue weighted by Crippen LogP contribution is 2.53. The number of carbonyl (C=O) groups excluding carboxylic acids is 1. The van der Waals surface area contributed by atoms with Gasteiger partial charge in [0, 0.05) is 38.3 Å². The Hall–Kier alpha value is -3.77. The summed E-state index contributed by atoms with van der Waals surface area (Å²) < 4.78 is 71.2. The Morgan fingerprint density at radius 2 is 1.93 bits per heavy atom. The number of amides is 1. The van der Waals surface area contributed by atoms with Crippen LogP contribution in [-0.4, -0.2) is 44.6 Å². The number of nitrogens with two attached hydrogens (primary N) is 1. The molecule has 1 aromatic carbocycles. The number of halogens is 5. The smallest absolute Gasteiger partial charge is 0.365 e. The molecule has 1 amide bonds. The highest BCUT2D eigenvalue weighted by atomic mass is 19.4. The number of alkyl halides is 4. The molecule has 2 fully saturated rings. The molecular weight excluding hydrogens is 559 g/mol. The average molecular weight is 593 g/mol. The Morgan fingerprint density at radius 1 is 1.21 bits per heavy atom. The lowest BCUT2D eigenvalue weighted by molar-refractivity contribution is -0.136. The fraction of sp³-hybridized carbons (Fsp3) is 0.517. The number of anilines is 1. The zero-order valence-corrected chi connectivity index (χ0v) is 23.4. The van der Waals surface area contributed by atoms with Crippen LogP contribution in [0.3, 0.4) is 0 Å². The van der Waals surface area contributed by atoms with Crippen molar-refractivity contribution in [1.82, 2.24) is 19.3 Å². The summed E-state index contributed by atoms with van der Waals surface area (Å²) in [5.74, 6) is -0.503. The van der Waals surface area contributed by atoms with Crippen LogP contribution in [0.5, 0.6) is 0 Å². The molecule has 3 aromatic rings. The molecular formula is C29H33F5N6O2. The van der Waals surface area contributed by atoms with Crippen molar-refractivity contribution in [1.29, 1.82) is 0 Å². The number of benzene rings is 1.